The maximum absolute atomic E-state index is 13.6. The summed E-state index contributed by atoms with van der Waals surface area (Å²) in [5.74, 6) is 0.585. The van der Waals surface area contributed by atoms with Gasteiger partial charge in [-0.05, 0) is 65.1 Å². The average Bonchev–Trinajstić information content (AvgIpc) is 3.45. The number of pyridine rings is 1. The van der Waals surface area contributed by atoms with E-state index in [4.69, 9.17) is 14.6 Å². The third kappa shape index (κ3) is 7.78. The molecule has 0 bridgehead atoms. The molecule has 0 amide bonds. The van der Waals surface area contributed by atoms with Crippen molar-refractivity contribution in [2.24, 2.45) is 0 Å². The van der Waals surface area contributed by atoms with Gasteiger partial charge in [0, 0.05) is 43.7 Å². The van der Waals surface area contributed by atoms with Crippen molar-refractivity contribution in [1.29, 1.82) is 0 Å². The van der Waals surface area contributed by atoms with E-state index in [2.05, 4.69) is 56.0 Å². The van der Waals surface area contributed by atoms with Crippen LogP contribution in [-0.4, -0.2) is 73.9 Å². The number of unbranched alkanes of at least 4 members (excludes halogenated alkanes) is 1. The normalized spacial score (nSPS) is 14.2. The van der Waals surface area contributed by atoms with Gasteiger partial charge in [0.05, 0.1) is 30.9 Å². The van der Waals surface area contributed by atoms with E-state index in [1.165, 1.54) is 0 Å². The Morgan fingerprint density at radius 1 is 0.848 bits per heavy atom. The summed E-state index contributed by atoms with van der Waals surface area (Å²) in [4.78, 5) is 9.00. The van der Waals surface area contributed by atoms with Crippen LogP contribution in [0.2, 0.25) is 0 Å². The number of hydrogen-bond acceptors (Lipinski definition) is 8. The Kier molecular flexibility index (Phi) is 10.3. The average molecular weight is 705 g/mol. The minimum atomic E-state index is -3.83. The topological polar surface area (TPSA) is 89.8 Å². The second-order valence-corrected chi connectivity index (χ2v) is 14.1. The van der Waals surface area contributed by atoms with Crippen LogP contribution < -0.4 is 9.64 Å². The van der Waals surface area contributed by atoms with Gasteiger partial charge in [-0.2, -0.15) is 9.19 Å². The number of rotatable bonds is 13. The van der Waals surface area contributed by atoms with Gasteiger partial charge in [-0.3, -0.25) is 0 Å². The Hall–Kier alpha value is -3.77. The molecule has 46 heavy (non-hydrogen) atoms. The van der Waals surface area contributed by atoms with Crippen LogP contribution in [0, 0.1) is 0 Å². The number of anilines is 1. The van der Waals surface area contributed by atoms with Crippen molar-refractivity contribution < 1.29 is 17.9 Å². The van der Waals surface area contributed by atoms with Gasteiger partial charge in [0.15, 0.2) is 0 Å². The molecule has 2 aromatic heterocycles. The van der Waals surface area contributed by atoms with Crippen molar-refractivity contribution in [2.75, 3.05) is 51.3 Å². The first-order valence-electron chi connectivity index (χ1n) is 15.5. The molecular formula is C35H38BrN5O4S. The van der Waals surface area contributed by atoms with Crippen LogP contribution in [0.1, 0.15) is 24.0 Å². The number of hydrogen-bond donors (Lipinski definition) is 0. The molecule has 0 unspecified atom stereocenters. The number of ether oxygens (including phenoxy) is 2. The van der Waals surface area contributed by atoms with Gasteiger partial charge < -0.3 is 19.3 Å². The van der Waals surface area contributed by atoms with Crippen LogP contribution >= 0.6 is 15.9 Å². The fourth-order valence-corrected chi connectivity index (χ4v) is 7.29. The van der Waals surface area contributed by atoms with E-state index in [1.807, 2.05) is 54.6 Å². The standard InChI is InChI=1S/C35H38BrN5O4S/c1-39-16-18-40(19-17-39)31-15-14-29(22-33(31)45-21-9-8-20-44-25-27-10-4-2-5-11-27)35-30-23-34(36)37-24-32(30)41(38-35)46(42,43)26-28-12-6-3-7-13-28/h2-7,10-15,22-24H,8-9,16-21,25-26H2,1H3. The highest BCUT2D eigenvalue weighted by molar-refractivity contribution is 9.10. The number of benzene rings is 3. The van der Waals surface area contributed by atoms with E-state index < -0.39 is 10.0 Å². The molecule has 240 valence electrons. The minimum Gasteiger partial charge on any atom is -0.491 e. The molecule has 0 aliphatic carbocycles. The molecule has 3 heterocycles. The summed E-state index contributed by atoms with van der Waals surface area (Å²) in [6.45, 7) is 5.53. The summed E-state index contributed by atoms with van der Waals surface area (Å²) < 4.78 is 41.3. The molecule has 6 rings (SSSR count). The maximum atomic E-state index is 13.6. The van der Waals surface area contributed by atoms with Crippen LogP contribution in [0.5, 0.6) is 5.75 Å². The van der Waals surface area contributed by atoms with E-state index in [9.17, 15) is 8.42 Å². The largest absolute Gasteiger partial charge is 0.491 e. The van der Waals surface area contributed by atoms with Gasteiger partial charge in [-0.25, -0.2) is 13.4 Å². The molecule has 1 aliphatic rings. The number of piperazine rings is 1. The maximum Gasteiger partial charge on any atom is 0.258 e. The van der Waals surface area contributed by atoms with E-state index in [1.54, 1.807) is 18.3 Å². The fourth-order valence-electron chi connectivity index (χ4n) is 5.57. The quantitative estimate of drug-likeness (QED) is 0.103. The Balaban J connectivity index is 1.25. The minimum absolute atomic E-state index is 0.175. The SMILES string of the molecule is CN1CCN(c2ccc(-c3nn(S(=O)(=O)Cc4ccccc4)c4cnc(Br)cc34)cc2OCCCCOCc2ccccc2)CC1. The first-order valence-corrected chi connectivity index (χ1v) is 17.9. The number of likely N-dealkylation sites (N-methyl/N-ethyl adjacent to an activating group) is 1. The van der Waals surface area contributed by atoms with Gasteiger partial charge in [-0.15, -0.1) is 0 Å². The zero-order chi connectivity index (χ0) is 31.9. The fraction of sp³-hybridized carbons (Fsp3) is 0.314. The summed E-state index contributed by atoms with van der Waals surface area (Å²) in [7, 11) is -1.69. The van der Waals surface area contributed by atoms with Gasteiger partial charge in [-0.1, -0.05) is 66.7 Å². The third-order valence-electron chi connectivity index (χ3n) is 8.09. The van der Waals surface area contributed by atoms with E-state index in [-0.39, 0.29) is 5.75 Å². The van der Waals surface area contributed by atoms with Crippen LogP contribution in [0.4, 0.5) is 5.69 Å². The highest BCUT2D eigenvalue weighted by atomic mass is 79.9. The molecule has 9 nitrogen and oxygen atoms in total. The van der Waals surface area contributed by atoms with Crippen molar-refractivity contribution in [3.05, 3.63) is 107 Å². The Labute approximate surface area is 278 Å². The van der Waals surface area contributed by atoms with Crippen LogP contribution in [0.3, 0.4) is 0 Å². The van der Waals surface area contributed by atoms with Gasteiger partial charge in [0.2, 0.25) is 0 Å². The van der Waals surface area contributed by atoms with Crippen LogP contribution in [0.15, 0.2) is 95.7 Å². The van der Waals surface area contributed by atoms with Gasteiger partial charge in [0.25, 0.3) is 10.0 Å². The van der Waals surface area contributed by atoms with Gasteiger partial charge in [0.1, 0.15) is 21.6 Å². The lowest BCUT2D eigenvalue weighted by Gasteiger charge is -2.35. The summed E-state index contributed by atoms with van der Waals surface area (Å²) >= 11 is 3.47. The Morgan fingerprint density at radius 2 is 1.54 bits per heavy atom. The first-order chi connectivity index (χ1) is 22.4. The number of nitrogens with zero attached hydrogens (tertiary/aromatic N) is 5. The number of fused-ring (bicyclic) bond motifs is 1. The lowest BCUT2D eigenvalue weighted by Crippen LogP contribution is -2.44. The third-order valence-corrected chi connectivity index (χ3v) is 10.0. The second kappa shape index (κ2) is 14.8. The van der Waals surface area contributed by atoms with E-state index >= 15 is 0 Å². The molecule has 0 spiro atoms. The molecule has 0 N–H and O–H groups in total. The van der Waals surface area contributed by atoms with Gasteiger partial charge >= 0.3 is 0 Å². The molecule has 0 radical (unpaired) electrons. The van der Waals surface area contributed by atoms with Crippen molar-refractivity contribution in [3.8, 4) is 17.0 Å². The summed E-state index contributed by atoms with van der Waals surface area (Å²) in [6.07, 6.45) is 3.27. The lowest BCUT2D eigenvalue weighted by molar-refractivity contribution is 0.113. The Bertz CT molecular complexity index is 1860. The second-order valence-electron chi connectivity index (χ2n) is 11.5. The highest BCUT2D eigenvalue weighted by Gasteiger charge is 2.24. The lowest BCUT2D eigenvalue weighted by atomic mass is 10.1. The molecule has 0 atom stereocenters. The summed E-state index contributed by atoms with van der Waals surface area (Å²) in [5.41, 5.74) is 4.64. The van der Waals surface area contributed by atoms with Crippen LogP contribution in [-0.2, 0) is 27.1 Å². The van der Waals surface area contributed by atoms with E-state index in [0.717, 1.165) is 65.7 Å². The summed E-state index contributed by atoms with van der Waals surface area (Å²) in [5, 5.41) is 5.38. The predicted octanol–water partition coefficient (Wildman–Crippen LogP) is 6.37. The molecule has 0 saturated carbocycles. The number of halogens is 1. The first kappa shape index (κ1) is 32.2. The number of aromatic nitrogens is 3. The zero-order valence-corrected chi connectivity index (χ0v) is 28.3. The molecule has 1 fully saturated rings. The smallest absolute Gasteiger partial charge is 0.258 e. The molecule has 1 aliphatic heterocycles. The molecule has 5 aromatic rings. The van der Waals surface area contributed by atoms with Crippen molar-refractivity contribution >= 4 is 42.5 Å². The van der Waals surface area contributed by atoms with E-state index in [0.29, 0.717) is 46.6 Å². The molecule has 11 heteroatoms. The zero-order valence-electron chi connectivity index (χ0n) is 25.9. The highest BCUT2D eigenvalue weighted by Crippen LogP contribution is 2.37. The molecular weight excluding hydrogens is 666 g/mol. The molecule has 3 aromatic carbocycles. The van der Waals surface area contributed by atoms with Crippen molar-refractivity contribution in [2.45, 2.75) is 25.2 Å². The monoisotopic (exact) mass is 703 g/mol. The predicted molar refractivity (Wildman–Crippen MR) is 186 cm³/mol. The molecule has 1 saturated heterocycles. The van der Waals surface area contributed by atoms with Crippen molar-refractivity contribution in [3.63, 3.8) is 0 Å². The van der Waals surface area contributed by atoms with Crippen molar-refractivity contribution in [1.82, 2.24) is 19.1 Å². The Morgan fingerprint density at radius 3 is 2.28 bits per heavy atom. The van der Waals surface area contributed by atoms with Crippen LogP contribution in [0.25, 0.3) is 22.2 Å². The summed E-state index contributed by atoms with van der Waals surface area (Å²) in [6, 6.07) is 27.2.